The third-order valence-electron chi connectivity index (χ3n) is 3.33. The van der Waals surface area contributed by atoms with E-state index in [9.17, 15) is 0 Å². The minimum Gasteiger partial charge on any atom is -0.382 e. The van der Waals surface area contributed by atoms with E-state index in [0.717, 1.165) is 37.5 Å². The van der Waals surface area contributed by atoms with Gasteiger partial charge in [-0.25, -0.2) is 4.98 Å². The summed E-state index contributed by atoms with van der Waals surface area (Å²) in [6, 6.07) is 8.49. The number of rotatable bonds is 7. The average molecular weight is 261 g/mol. The third kappa shape index (κ3) is 3.33. The first-order chi connectivity index (χ1) is 9.24. The molecule has 0 saturated heterocycles. The second kappa shape index (κ2) is 6.68. The highest BCUT2D eigenvalue weighted by atomic mass is 16.5. The Labute approximate surface area is 114 Å². The quantitative estimate of drug-likeness (QED) is 0.779. The number of para-hydroxylation sites is 2. The molecule has 0 saturated carbocycles. The molecular formula is C15H23N3O. The molecule has 0 amide bonds. The average Bonchev–Trinajstić information content (AvgIpc) is 2.76. The van der Waals surface area contributed by atoms with Gasteiger partial charge in [0, 0.05) is 20.3 Å². The summed E-state index contributed by atoms with van der Waals surface area (Å²) in [5.41, 5.74) is 2.24. The van der Waals surface area contributed by atoms with Crippen molar-refractivity contribution in [3.05, 3.63) is 30.1 Å². The van der Waals surface area contributed by atoms with Gasteiger partial charge in [-0.05, 0) is 38.9 Å². The molecule has 1 atom stereocenters. The first-order valence-corrected chi connectivity index (χ1v) is 6.96. The first-order valence-electron chi connectivity index (χ1n) is 6.96. The molecule has 2 rings (SSSR count). The van der Waals surface area contributed by atoms with Crippen LogP contribution in [0, 0.1) is 0 Å². The van der Waals surface area contributed by atoms with Crippen molar-refractivity contribution in [2.45, 2.75) is 26.3 Å². The number of aromatic nitrogens is 2. The van der Waals surface area contributed by atoms with E-state index in [1.165, 1.54) is 5.52 Å². The fourth-order valence-corrected chi connectivity index (χ4v) is 2.28. The SMILES string of the molecule is CCOCCCNC(C)c1nc2ccccc2n1C. The summed E-state index contributed by atoms with van der Waals surface area (Å²) < 4.78 is 7.49. The highest BCUT2D eigenvalue weighted by Gasteiger charge is 2.13. The number of benzene rings is 1. The van der Waals surface area contributed by atoms with E-state index in [4.69, 9.17) is 9.72 Å². The molecule has 1 N–H and O–H groups in total. The Morgan fingerprint density at radius 2 is 2.16 bits per heavy atom. The van der Waals surface area contributed by atoms with Crippen LogP contribution >= 0.6 is 0 Å². The molecule has 4 heteroatoms. The molecule has 0 radical (unpaired) electrons. The minimum atomic E-state index is 0.249. The van der Waals surface area contributed by atoms with E-state index in [1.54, 1.807) is 0 Å². The lowest BCUT2D eigenvalue weighted by Gasteiger charge is -2.13. The molecule has 1 heterocycles. The van der Waals surface area contributed by atoms with Crippen LogP contribution in [0.15, 0.2) is 24.3 Å². The van der Waals surface area contributed by atoms with E-state index in [-0.39, 0.29) is 6.04 Å². The summed E-state index contributed by atoms with van der Waals surface area (Å²) in [6.45, 7) is 6.74. The second-order valence-corrected chi connectivity index (χ2v) is 4.74. The Hall–Kier alpha value is -1.39. The monoisotopic (exact) mass is 261 g/mol. The fourth-order valence-electron chi connectivity index (χ4n) is 2.28. The predicted molar refractivity (Wildman–Crippen MR) is 78.2 cm³/mol. The zero-order valence-corrected chi connectivity index (χ0v) is 12.0. The van der Waals surface area contributed by atoms with Crippen molar-refractivity contribution in [3.63, 3.8) is 0 Å². The van der Waals surface area contributed by atoms with Crippen molar-refractivity contribution in [2.24, 2.45) is 7.05 Å². The standard InChI is InChI=1S/C15H23N3O/c1-4-19-11-7-10-16-12(2)15-17-13-8-5-6-9-14(13)18(15)3/h5-6,8-9,12,16H,4,7,10-11H2,1-3H3. The van der Waals surface area contributed by atoms with E-state index in [2.05, 4.69) is 36.0 Å². The van der Waals surface area contributed by atoms with Gasteiger partial charge in [-0.3, -0.25) is 0 Å². The lowest BCUT2D eigenvalue weighted by atomic mass is 10.3. The summed E-state index contributed by atoms with van der Waals surface area (Å²) in [6.07, 6.45) is 1.03. The van der Waals surface area contributed by atoms with E-state index < -0.39 is 0 Å². The number of hydrogen-bond acceptors (Lipinski definition) is 3. The first kappa shape index (κ1) is 14.0. The number of hydrogen-bond donors (Lipinski definition) is 1. The molecule has 19 heavy (non-hydrogen) atoms. The Morgan fingerprint density at radius 3 is 2.89 bits per heavy atom. The summed E-state index contributed by atoms with van der Waals surface area (Å²) in [7, 11) is 2.07. The zero-order valence-electron chi connectivity index (χ0n) is 12.0. The topological polar surface area (TPSA) is 39.1 Å². The number of nitrogens with one attached hydrogen (secondary N) is 1. The Morgan fingerprint density at radius 1 is 1.37 bits per heavy atom. The highest BCUT2D eigenvalue weighted by molar-refractivity contribution is 5.75. The number of imidazole rings is 1. The maximum atomic E-state index is 5.33. The molecule has 0 fully saturated rings. The smallest absolute Gasteiger partial charge is 0.126 e. The molecule has 1 unspecified atom stereocenters. The maximum Gasteiger partial charge on any atom is 0.126 e. The van der Waals surface area contributed by atoms with Crippen LogP contribution < -0.4 is 5.32 Å². The van der Waals surface area contributed by atoms with Crippen molar-refractivity contribution in [1.29, 1.82) is 0 Å². The maximum absolute atomic E-state index is 5.33. The van der Waals surface area contributed by atoms with Crippen molar-refractivity contribution in [3.8, 4) is 0 Å². The molecule has 1 aromatic heterocycles. The number of fused-ring (bicyclic) bond motifs is 1. The van der Waals surface area contributed by atoms with Crippen LogP contribution in [0.4, 0.5) is 0 Å². The lowest BCUT2D eigenvalue weighted by Crippen LogP contribution is -2.23. The zero-order chi connectivity index (χ0) is 13.7. The summed E-state index contributed by atoms with van der Waals surface area (Å²) in [5.74, 6) is 1.08. The van der Waals surface area contributed by atoms with Gasteiger partial charge in [-0.15, -0.1) is 0 Å². The summed E-state index contributed by atoms with van der Waals surface area (Å²) in [5, 5.41) is 3.50. The van der Waals surface area contributed by atoms with Gasteiger partial charge < -0.3 is 14.6 Å². The highest BCUT2D eigenvalue weighted by Crippen LogP contribution is 2.18. The van der Waals surface area contributed by atoms with Crippen LogP contribution in [0.3, 0.4) is 0 Å². The van der Waals surface area contributed by atoms with Gasteiger partial charge in [0.05, 0.1) is 17.1 Å². The predicted octanol–water partition coefficient (Wildman–Crippen LogP) is 2.65. The molecule has 0 aliphatic rings. The number of ether oxygens (including phenoxy) is 1. The normalized spacial score (nSPS) is 13.0. The molecule has 0 aliphatic heterocycles. The Bertz CT molecular complexity index is 521. The van der Waals surface area contributed by atoms with Gasteiger partial charge >= 0.3 is 0 Å². The van der Waals surface area contributed by atoms with E-state index in [1.807, 2.05) is 19.1 Å². The largest absolute Gasteiger partial charge is 0.382 e. The Balaban J connectivity index is 1.97. The van der Waals surface area contributed by atoms with Gasteiger partial charge in [-0.1, -0.05) is 12.1 Å². The van der Waals surface area contributed by atoms with Crippen LogP contribution in [0.2, 0.25) is 0 Å². The van der Waals surface area contributed by atoms with Crippen molar-refractivity contribution >= 4 is 11.0 Å². The van der Waals surface area contributed by atoms with Gasteiger partial charge in [0.25, 0.3) is 0 Å². The van der Waals surface area contributed by atoms with Gasteiger partial charge in [0.15, 0.2) is 0 Å². The third-order valence-corrected chi connectivity index (χ3v) is 3.33. The molecular weight excluding hydrogens is 238 g/mol. The van der Waals surface area contributed by atoms with E-state index in [0.29, 0.717) is 0 Å². The van der Waals surface area contributed by atoms with Crippen LogP contribution in [0.1, 0.15) is 32.1 Å². The summed E-state index contributed by atoms with van der Waals surface area (Å²) in [4.78, 5) is 4.70. The molecule has 1 aromatic carbocycles. The molecule has 0 aliphatic carbocycles. The Kier molecular flexibility index (Phi) is 4.93. The second-order valence-electron chi connectivity index (χ2n) is 4.74. The number of nitrogens with zero attached hydrogens (tertiary/aromatic N) is 2. The van der Waals surface area contributed by atoms with Gasteiger partial charge in [0.1, 0.15) is 5.82 Å². The van der Waals surface area contributed by atoms with Gasteiger partial charge in [0.2, 0.25) is 0 Å². The van der Waals surface area contributed by atoms with Crippen LogP contribution in [-0.2, 0) is 11.8 Å². The van der Waals surface area contributed by atoms with Crippen LogP contribution in [0.5, 0.6) is 0 Å². The molecule has 0 spiro atoms. The molecule has 0 bridgehead atoms. The minimum absolute atomic E-state index is 0.249. The molecule has 2 aromatic rings. The number of aryl methyl sites for hydroxylation is 1. The van der Waals surface area contributed by atoms with Crippen molar-refractivity contribution < 1.29 is 4.74 Å². The van der Waals surface area contributed by atoms with Crippen molar-refractivity contribution in [1.82, 2.24) is 14.9 Å². The van der Waals surface area contributed by atoms with Crippen molar-refractivity contribution in [2.75, 3.05) is 19.8 Å². The van der Waals surface area contributed by atoms with E-state index >= 15 is 0 Å². The molecule has 104 valence electrons. The summed E-state index contributed by atoms with van der Waals surface area (Å²) >= 11 is 0. The lowest BCUT2D eigenvalue weighted by molar-refractivity contribution is 0.144. The van der Waals surface area contributed by atoms with Gasteiger partial charge in [-0.2, -0.15) is 0 Å². The molecule has 4 nitrogen and oxygen atoms in total. The van der Waals surface area contributed by atoms with Crippen LogP contribution in [0.25, 0.3) is 11.0 Å². The fraction of sp³-hybridized carbons (Fsp3) is 0.533. The van der Waals surface area contributed by atoms with Crippen LogP contribution in [-0.4, -0.2) is 29.3 Å².